The van der Waals surface area contributed by atoms with Crippen molar-refractivity contribution in [1.82, 2.24) is 5.32 Å². The van der Waals surface area contributed by atoms with Crippen LogP contribution in [0.1, 0.15) is 61.4 Å². The molecule has 0 radical (unpaired) electrons. The fourth-order valence-electron chi connectivity index (χ4n) is 3.75. The molecule has 1 atom stereocenters. The van der Waals surface area contributed by atoms with Crippen LogP contribution < -0.4 is 10.6 Å². The number of rotatable bonds is 12. The van der Waals surface area contributed by atoms with Crippen LogP contribution in [0.3, 0.4) is 0 Å². The van der Waals surface area contributed by atoms with Crippen LogP contribution in [0.2, 0.25) is 10.0 Å². The Kier molecular flexibility index (Phi) is 12.2. The lowest BCUT2D eigenvalue weighted by atomic mass is 10.1. The maximum Gasteiger partial charge on any atom is 0.258 e. The van der Waals surface area contributed by atoms with Crippen molar-refractivity contribution in [2.45, 2.75) is 51.6 Å². The fourth-order valence-corrected chi connectivity index (χ4v) is 4.09. The number of carbonyl (C=O) groups excluding carboxylic acids is 1. The first-order valence-corrected chi connectivity index (χ1v) is 13.7. The summed E-state index contributed by atoms with van der Waals surface area (Å²) in [6, 6.07) is 16.6. The molecule has 6 nitrogen and oxygen atoms in total. The van der Waals surface area contributed by atoms with Crippen molar-refractivity contribution >= 4 is 52.7 Å². The van der Waals surface area contributed by atoms with Gasteiger partial charge in [-0.3, -0.25) is 15.1 Å². The van der Waals surface area contributed by atoms with Gasteiger partial charge in [0.25, 0.3) is 5.91 Å². The quantitative estimate of drug-likeness (QED) is 0.113. The normalized spacial score (nSPS) is 12.4. The number of hydrogen-bond donors (Lipinski definition) is 3. The van der Waals surface area contributed by atoms with Crippen molar-refractivity contribution in [2.75, 3.05) is 5.32 Å². The van der Waals surface area contributed by atoms with E-state index in [1.54, 1.807) is 6.21 Å². The zero-order valence-electron chi connectivity index (χ0n) is 22.1. The van der Waals surface area contributed by atoms with Gasteiger partial charge in [0.05, 0.1) is 5.02 Å². The first-order valence-electron chi connectivity index (χ1n) is 13.0. The molecule has 0 saturated heterocycles. The predicted octanol–water partition coefficient (Wildman–Crippen LogP) is 8.29. The Labute approximate surface area is 243 Å². The molecule has 3 aromatic carbocycles. The van der Waals surface area contributed by atoms with E-state index >= 15 is 0 Å². The number of anilines is 1. The van der Waals surface area contributed by atoms with Crippen LogP contribution in [0.15, 0.2) is 76.7 Å². The second-order valence-electron chi connectivity index (χ2n) is 9.05. The van der Waals surface area contributed by atoms with E-state index in [2.05, 4.69) is 27.5 Å². The van der Waals surface area contributed by atoms with Gasteiger partial charge in [-0.2, -0.15) is 0 Å². The number of amides is 1. The minimum Gasteiger partial charge on any atom is -0.326 e. The summed E-state index contributed by atoms with van der Waals surface area (Å²) in [7, 11) is 0. The number of nitrogens with one attached hydrogen (secondary N) is 3. The van der Waals surface area contributed by atoms with Gasteiger partial charge in [-0.15, -0.1) is 0 Å². The molecule has 1 amide bonds. The van der Waals surface area contributed by atoms with Gasteiger partial charge in [0.1, 0.15) is 17.8 Å². The van der Waals surface area contributed by atoms with Gasteiger partial charge in [0, 0.05) is 34.6 Å². The van der Waals surface area contributed by atoms with E-state index in [9.17, 15) is 13.6 Å². The van der Waals surface area contributed by atoms with Gasteiger partial charge in [-0.1, -0.05) is 79.7 Å². The topological polar surface area (TPSA) is 89.7 Å². The summed E-state index contributed by atoms with van der Waals surface area (Å²) < 4.78 is 28.1. The largest absolute Gasteiger partial charge is 0.326 e. The molecule has 0 fully saturated rings. The van der Waals surface area contributed by atoms with Crippen molar-refractivity contribution < 1.29 is 13.6 Å². The van der Waals surface area contributed by atoms with Gasteiger partial charge in [-0.25, -0.2) is 13.8 Å². The van der Waals surface area contributed by atoms with E-state index in [1.165, 1.54) is 24.3 Å². The van der Waals surface area contributed by atoms with Crippen LogP contribution in [0.5, 0.6) is 0 Å². The third kappa shape index (κ3) is 10.2. The van der Waals surface area contributed by atoms with Crippen LogP contribution in [0.25, 0.3) is 0 Å². The van der Waals surface area contributed by atoms with E-state index in [4.69, 9.17) is 28.6 Å². The third-order valence-electron chi connectivity index (χ3n) is 5.79. The molecule has 210 valence electrons. The summed E-state index contributed by atoms with van der Waals surface area (Å²) in [5, 5.41) is 14.1. The summed E-state index contributed by atoms with van der Waals surface area (Å²) in [6.45, 7) is 2.14. The van der Waals surface area contributed by atoms with E-state index in [1.807, 2.05) is 30.3 Å². The fraction of sp³-hybridized carbons (Fsp3) is 0.267. The molecule has 0 heterocycles. The highest BCUT2D eigenvalue weighted by Crippen LogP contribution is 2.19. The highest BCUT2D eigenvalue weighted by molar-refractivity contribution is 6.31. The van der Waals surface area contributed by atoms with E-state index in [0.717, 1.165) is 44.2 Å². The van der Waals surface area contributed by atoms with Crippen LogP contribution >= 0.6 is 23.2 Å². The molecular weight excluding hydrogens is 555 g/mol. The average Bonchev–Trinajstić information content (AvgIpc) is 2.91. The van der Waals surface area contributed by atoms with Crippen molar-refractivity contribution in [2.24, 2.45) is 9.98 Å². The molecule has 0 aliphatic heterocycles. The van der Waals surface area contributed by atoms with Crippen LogP contribution in [0.4, 0.5) is 14.5 Å². The van der Waals surface area contributed by atoms with Gasteiger partial charge < -0.3 is 10.7 Å². The molecule has 3 aromatic rings. The highest BCUT2D eigenvalue weighted by Gasteiger charge is 2.16. The maximum atomic E-state index is 14.0. The molecule has 0 aliphatic carbocycles. The minimum atomic E-state index is -0.785. The lowest BCUT2D eigenvalue weighted by Crippen LogP contribution is -2.37. The maximum absolute atomic E-state index is 14.0. The number of benzene rings is 3. The Morgan fingerprint density at radius 3 is 2.48 bits per heavy atom. The molecule has 10 heteroatoms. The van der Waals surface area contributed by atoms with E-state index in [0.29, 0.717) is 11.3 Å². The molecule has 0 spiro atoms. The summed E-state index contributed by atoms with van der Waals surface area (Å²) in [6.07, 6.45) is 6.17. The molecule has 0 saturated carbocycles. The van der Waals surface area contributed by atoms with Crippen molar-refractivity contribution in [3.8, 4) is 0 Å². The zero-order chi connectivity index (χ0) is 28.9. The number of aliphatic imine (C=N–C) groups is 2. The van der Waals surface area contributed by atoms with Gasteiger partial charge in [0.2, 0.25) is 5.96 Å². The SMILES string of the molecule is CCCCCCC=NC(CC(=N)c1ccccc1)N=C(NC(=O)c1ccc(Cl)c(F)c1)Nc1cc(F)cc(Cl)c1. The van der Waals surface area contributed by atoms with Crippen molar-refractivity contribution in [3.63, 3.8) is 0 Å². The Bertz CT molecular complexity index is 1350. The minimum absolute atomic E-state index is 0.00155. The van der Waals surface area contributed by atoms with E-state index < -0.39 is 23.7 Å². The summed E-state index contributed by atoms with van der Waals surface area (Å²) >= 11 is 11.8. The highest BCUT2D eigenvalue weighted by atomic mass is 35.5. The molecule has 1 unspecified atom stereocenters. The predicted molar refractivity (Wildman–Crippen MR) is 160 cm³/mol. The van der Waals surface area contributed by atoms with Crippen LogP contribution in [-0.2, 0) is 0 Å². The standard InChI is InChI=1S/C30H31Cl2F2N5O/c1-2-3-4-5-9-14-36-28(19-27(35)20-10-7-6-8-11-20)38-30(37-24-17-22(31)16-23(33)18-24)39-29(40)21-12-13-25(32)26(34)15-21/h6-8,10-18,28,35H,2-5,9,19H2,1H3,(H2,37,38,39,40). The van der Waals surface area contributed by atoms with E-state index in [-0.39, 0.29) is 33.7 Å². The average molecular weight is 587 g/mol. The Balaban J connectivity index is 1.93. The summed E-state index contributed by atoms with van der Waals surface area (Å²) in [4.78, 5) is 22.2. The first-order chi connectivity index (χ1) is 19.2. The molecule has 3 rings (SSSR count). The Morgan fingerprint density at radius 2 is 1.77 bits per heavy atom. The van der Waals surface area contributed by atoms with Crippen molar-refractivity contribution in [1.29, 1.82) is 5.41 Å². The first kappa shape index (κ1) is 30.9. The summed E-state index contributed by atoms with van der Waals surface area (Å²) in [5.74, 6) is -2.09. The molecule has 0 aliphatic rings. The molecule has 40 heavy (non-hydrogen) atoms. The lowest BCUT2D eigenvalue weighted by Gasteiger charge is -2.16. The molecule has 0 aromatic heterocycles. The monoisotopic (exact) mass is 585 g/mol. The van der Waals surface area contributed by atoms with Gasteiger partial charge >= 0.3 is 0 Å². The Morgan fingerprint density at radius 1 is 1.00 bits per heavy atom. The zero-order valence-corrected chi connectivity index (χ0v) is 23.6. The molecular formula is C30H31Cl2F2N5O. The number of guanidine groups is 1. The lowest BCUT2D eigenvalue weighted by molar-refractivity contribution is 0.0976. The Hall–Kier alpha value is -3.62. The van der Waals surface area contributed by atoms with Crippen LogP contribution in [0, 0.1) is 17.0 Å². The van der Waals surface area contributed by atoms with Gasteiger partial charge in [-0.05, 0) is 54.8 Å². The second-order valence-corrected chi connectivity index (χ2v) is 9.90. The number of carbonyl (C=O) groups is 1. The summed E-state index contributed by atoms with van der Waals surface area (Å²) in [5.41, 5.74) is 1.25. The number of hydrogen-bond acceptors (Lipinski definition) is 4. The van der Waals surface area contributed by atoms with Crippen LogP contribution in [-0.4, -0.2) is 30.0 Å². The number of nitrogens with zero attached hydrogens (tertiary/aromatic N) is 2. The number of halogens is 4. The van der Waals surface area contributed by atoms with Gasteiger partial charge in [0.15, 0.2) is 0 Å². The number of unbranched alkanes of at least 4 members (excludes halogenated alkanes) is 4. The van der Waals surface area contributed by atoms with Crippen molar-refractivity contribution in [3.05, 3.63) is 99.5 Å². The molecule has 0 bridgehead atoms. The second kappa shape index (κ2) is 15.8. The third-order valence-corrected chi connectivity index (χ3v) is 6.32. The smallest absolute Gasteiger partial charge is 0.258 e. The molecule has 3 N–H and O–H groups in total.